The lowest BCUT2D eigenvalue weighted by Gasteiger charge is -2.25. The van der Waals surface area contributed by atoms with Crippen LogP contribution in [0.4, 0.5) is 0 Å². The van der Waals surface area contributed by atoms with E-state index in [9.17, 15) is 0 Å². The molecule has 0 aromatic rings. The minimum Gasteiger partial charge on any atom is -0.359 e. The number of hydrogen-bond acceptors (Lipinski definition) is 3. The van der Waals surface area contributed by atoms with Crippen LogP contribution < -0.4 is 5.32 Å². The predicted molar refractivity (Wildman–Crippen MR) is 57.4 cm³/mol. The van der Waals surface area contributed by atoms with Gasteiger partial charge in [0.25, 0.3) is 0 Å². The second-order valence-electron chi connectivity index (χ2n) is 4.14. The standard InChI is InChI=1S/C9H20N2O.ClH/c1-8-7-12-9(2,10-8)5-6-11(3)4;/h8,10H,5-7H2,1-4H3;1H. The van der Waals surface area contributed by atoms with E-state index in [0.29, 0.717) is 6.04 Å². The molecule has 1 saturated heterocycles. The highest BCUT2D eigenvalue weighted by Gasteiger charge is 2.32. The molecule has 1 fully saturated rings. The van der Waals surface area contributed by atoms with Crippen LogP contribution in [-0.4, -0.2) is 43.9 Å². The number of nitrogens with zero attached hydrogens (tertiary/aromatic N) is 1. The van der Waals surface area contributed by atoms with Crippen molar-refractivity contribution in [3.63, 3.8) is 0 Å². The average Bonchev–Trinajstić information content (AvgIpc) is 2.29. The van der Waals surface area contributed by atoms with Gasteiger partial charge in [-0.1, -0.05) is 0 Å². The minimum atomic E-state index is -0.0936. The van der Waals surface area contributed by atoms with Crippen LogP contribution in [0.3, 0.4) is 0 Å². The Labute approximate surface area is 87.2 Å². The van der Waals surface area contributed by atoms with Crippen LogP contribution in [0.25, 0.3) is 0 Å². The highest BCUT2D eigenvalue weighted by molar-refractivity contribution is 5.85. The zero-order valence-electron chi connectivity index (χ0n) is 8.96. The molecular weight excluding hydrogens is 188 g/mol. The number of nitrogens with one attached hydrogen (secondary N) is 1. The lowest BCUT2D eigenvalue weighted by Crippen LogP contribution is -2.42. The summed E-state index contributed by atoms with van der Waals surface area (Å²) in [5, 5.41) is 3.44. The van der Waals surface area contributed by atoms with Crippen LogP contribution in [0, 0.1) is 0 Å². The first-order valence-corrected chi connectivity index (χ1v) is 4.58. The Bertz CT molecular complexity index is 155. The third-order valence-electron chi connectivity index (χ3n) is 2.24. The van der Waals surface area contributed by atoms with Crippen molar-refractivity contribution < 1.29 is 4.74 Å². The molecule has 4 heteroatoms. The summed E-state index contributed by atoms with van der Waals surface area (Å²) in [6, 6.07) is 0.497. The molecule has 1 aliphatic heterocycles. The summed E-state index contributed by atoms with van der Waals surface area (Å²) in [6.45, 7) is 6.18. The number of ether oxygens (including phenoxy) is 1. The van der Waals surface area contributed by atoms with Crippen molar-refractivity contribution in [3.05, 3.63) is 0 Å². The fraction of sp³-hybridized carbons (Fsp3) is 1.00. The van der Waals surface area contributed by atoms with Gasteiger partial charge in [-0.2, -0.15) is 0 Å². The molecule has 2 atom stereocenters. The van der Waals surface area contributed by atoms with Gasteiger partial charge in [-0.3, -0.25) is 5.32 Å². The lowest BCUT2D eigenvalue weighted by molar-refractivity contribution is -0.00511. The van der Waals surface area contributed by atoms with Gasteiger partial charge in [-0.05, 0) is 27.9 Å². The van der Waals surface area contributed by atoms with E-state index < -0.39 is 0 Å². The van der Waals surface area contributed by atoms with Gasteiger partial charge in [0, 0.05) is 19.0 Å². The van der Waals surface area contributed by atoms with Crippen molar-refractivity contribution in [1.82, 2.24) is 10.2 Å². The molecule has 2 unspecified atom stereocenters. The fourth-order valence-electron chi connectivity index (χ4n) is 1.49. The summed E-state index contributed by atoms with van der Waals surface area (Å²) >= 11 is 0. The third-order valence-corrected chi connectivity index (χ3v) is 2.24. The molecule has 1 heterocycles. The summed E-state index contributed by atoms with van der Waals surface area (Å²) in [7, 11) is 4.17. The number of rotatable bonds is 3. The molecule has 0 aromatic carbocycles. The maximum atomic E-state index is 5.67. The quantitative estimate of drug-likeness (QED) is 0.752. The van der Waals surface area contributed by atoms with Gasteiger partial charge in [0.15, 0.2) is 0 Å². The molecule has 1 aliphatic rings. The molecule has 0 aromatic heterocycles. The second-order valence-corrected chi connectivity index (χ2v) is 4.14. The van der Waals surface area contributed by atoms with Gasteiger partial charge in [-0.15, -0.1) is 12.4 Å². The van der Waals surface area contributed by atoms with Crippen LogP contribution in [-0.2, 0) is 4.74 Å². The molecular formula is C9H21ClN2O. The van der Waals surface area contributed by atoms with Crippen LogP contribution in [0.15, 0.2) is 0 Å². The van der Waals surface area contributed by atoms with Gasteiger partial charge in [0.05, 0.1) is 6.61 Å². The van der Waals surface area contributed by atoms with Crippen molar-refractivity contribution >= 4 is 12.4 Å². The van der Waals surface area contributed by atoms with Crippen molar-refractivity contribution in [1.29, 1.82) is 0 Å². The molecule has 1 rings (SSSR count). The van der Waals surface area contributed by atoms with Crippen LogP contribution in [0.1, 0.15) is 20.3 Å². The van der Waals surface area contributed by atoms with Crippen molar-refractivity contribution in [2.24, 2.45) is 0 Å². The van der Waals surface area contributed by atoms with E-state index in [4.69, 9.17) is 4.74 Å². The van der Waals surface area contributed by atoms with Crippen molar-refractivity contribution in [2.75, 3.05) is 27.2 Å². The Balaban J connectivity index is 0.00000144. The Morgan fingerprint density at radius 2 is 2.15 bits per heavy atom. The summed E-state index contributed by atoms with van der Waals surface area (Å²) in [5.41, 5.74) is -0.0936. The van der Waals surface area contributed by atoms with E-state index in [0.717, 1.165) is 19.6 Å². The topological polar surface area (TPSA) is 24.5 Å². The molecule has 0 radical (unpaired) electrons. The molecule has 0 saturated carbocycles. The monoisotopic (exact) mass is 208 g/mol. The molecule has 0 bridgehead atoms. The SMILES string of the molecule is CC1COC(C)(CCN(C)C)N1.Cl. The summed E-state index contributed by atoms with van der Waals surface area (Å²) in [6.07, 6.45) is 1.05. The molecule has 1 N–H and O–H groups in total. The number of halogens is 1. The molecule has 3 nitrogen and oxygen atoms in total. The summed E-state index contributed by atoms with van der Waals surface area (Å²) in [5.74, 6) is 0. The smallest absolute Gasteiger partial charge is 0.117 e. The molecule has 13 heavy (non-hydrogen) atoms. The average molecular weight is 209 g/mol. The van der Waals surface area contributed by atoms with Gasteiger partial charge < -0.3 is 9.64 Å². The van der Waals surface area contributed by atoms with Gasteiger partial charge >= 0.3 is 0 Å². The van der Waals surface area contributed by atoms with E-state index in [1.165, 1.54) is 0 Å². The number of hydrogen-bond donors (Lipinski definition) is 1. The molecule has 0 amide bonds. The van der Waals surface area contributed by atoms with Gasteiger partial charge in [-0.25, -0.2) is 0 Å². The zero-order valence-corrected chi connectivity index (χ0v) is 9.78. The first-order chi connectivity index (χ1) is 5.52. The summed E-state index contributed by atoms with van der Waals surface area (Å²) in [4.78, 5) is 2.18. The van der Waals surface area contributed by atoms with E-state index in [1.54, 1.807) is 0 Å². The maximum Gasteiger partial charge on any atom is 0.117 e. The Hall–Kier alpha value is 0.170. The Morgan fingerprint density at radius 3 is 2.54 bits per heavy atom. The Morgan fingerprint density at radius 1 is 1.54 bits per heavy atom. The van der Waals surface area contributed by atoms with Crippen LogP contribution in [0.5, 0.6) is 0 Å². The lowest BCUT2D eigenvalue weighted by atomic mass is 10.1. The molecule has 0 aliphatic carbocycles. The predicted octanol–water partition coefficient (Wildman–Crippen LogP) is 1.08. The highest BCUT2D eigenvalue weighted by Crippen LogP contribution is 2.19. The van der Waals surface area contributed by atoms with E-state index >= 15 is 0 Å². The maximum absolute atomic E-state index is 5.67. The van der Waals surface area contributed by atoms with E-state index in [2.05, 4.69) is 38.2 Å². The zero-order chi connectivity index (χ0) is 9.19. The highest BCUT2D eigenvalue weighted by atomic mass is 35.5. The van der Waals surface area contributed by atoms with Crippen molar-refractivity contribution in [2.45, 2.75) is 32.0 Å². The second kappa shape index (κ2) is 5.15. The summed E-state index contributed by atoms with van der Waals surface area (Å²) < 4.78 is 5.67. The first kappa shape index (κ1) is 13.2. The first-order valence-electron chi connectivity index (χ1n) is 4.58. The van der Waals surface area contributed by atoms with Crippen molar-refractivity contribution in [3.8, 4) is 0 Å². The van der Waals surface area contributed by atoms with E-state index in [1.807, 2.05) is 0 Å². The van der Waals surface area contributed by atoms with Gasteiger partial charge in [0.2, 0.25) is 0 Å². The Kier molecular flexibility index (Phi) is 5.22. The molecule has 80 valence electrons. The van der Waals surface area contributed by atoms with E-state index in [-0.39, 0.29) is 18.1 Å². The van der Waals surface area contributed by atoms with Crippen LogP contribution in [0.2, 0.25) is 0 Å². The van der Waals surface area contributed by atoms with Crippen LogP contribution >= 0.6 is 12.4 Å². The minimum absolute atomic E-state index is 0. The third kappa shape index (κ3) is 4.27. The molecule has 0 spiro atoms. The fourth-order valence-corrected chi connectivity index (χ4v) is 1.49. The van der Waals surface area contributed by atoms with Gasteiger partial charge in [0.1, 0.15) is 5.72 Å². The largest absolute Gasteiger partial charge is 0.359 e. The normalized spacial score (nSPS) is 33.5.